The van der Waals surface area contributed by atoms with Crippen LogP contribution < -0.4 is 10.1 Å². The summed E-state index contributed by atoms with van der Waals surface area (Å²) in [5.74, 6) is 0.988. The first-order valence-electron chi connectivity index (χ1n) is 5.55. The van der Waals surface area contributed by atoms with Crippen molar-refractivity contribution in [3.63, 3.8) is 0 Å². The minimum absolute atomic E-state index is 0.988. The van der Waals surface area contributed by atoms with Crippen molar-refractivity contribution >= 4 is 21.4 Å². The van der Waals surface area contributed by atoms with Gasteiger partial charge in [-0.15, -0.1) is 11.3 Å². The van der Waals surface area contributed by atoms with E-state index in [9.17, 15) is 0 Å². The average molecular weight is 235 g/mol. The van der Waals surface area contributed by atoms with E-state index in [4.69, 9.17) is 4.74 Å². The highest BCUT2D eigenvalue weighted by atomic mass is 32.1. The van der Waals surface area contributed by atoms with Crippen molar-refractivity contribution in [3.05, 3.63) is 29.1 Å². The van der Waals surface area contributed by atoms with Crippen molar-refractivity contribution in [3.8, 4) is 5.75 Å². The fourth-order valence-corrected chi connectivity index (χ4v) is 3.00. The number of thiophene rings is 1. The SMILES string of the molecule is CNCCCc1cc2cccc(OC)c2s1. The molecule has 0 amide bonds. The molecule has 0 bridgehead atoms. The second-order valence-electron chi connectivity index (χ2n) is 3.80. The number of benzene rings is 1. The molecule has 2 rings (SSSR count). The second-order valence-corrected chi connectivity index (χ2v) is 4.94. The molecule has 0 saturated carbocycles. The lowest BCUT2D eigenvalue weighted by Crippen LogP contribution is -2.07. The van der Waals surface area contributed by atoms with E-state index in [0.29, 0.717) is 0 Å². The highest BCUT2D eigenvalue weighted by molar-refractivity contribution is 7.19. The lowest BCUT2D eigenvalue weighted by Gasteiger charge is -1.99. The van der Waals surface area contributed by atoms with E-state index in [0.717, 1.165) is 18.7 Å². The van der Waals surface area contributed by atoms with Crippen LogP contribution in [0.2, 0.25) is 0 Å². The number of fused-ring (bicyclic) bond motifs is 1. The van der Waals surface area contributed by atoms with Crippen LogP contribution in [0.15, 0.2) is 24.3 Å². The summed E-state index contributed by atoms with van der Waals surface area (Å²) in [4.78, 5) is 1.44. The van der Waals surface area contributed by atoms with E-state index in [2.05, 4.69) is 17.4 Å². The second kappa shape index (κ2) is 5.32. The third-order valence-electron chi connectivity index (χ3n) is 2.63. The predicted octanol–water partition coefficient (Wildman–Crippen LogP) is 3.06. The summed E-state index contributed by atoms with van der Waals surface area (Å²) < 4.78 is 6.63. The van der Waals surface area contributed by atoms with Gasteiger partial charge in [0.2, 0.25) is 0 Å². The van der Waals surface area contributed by atoms with E-state index in [1.54, 1.807) is 7.11 Å². The van der Waals surface area contributed by atoms with Crippen molar-refractivity contribution in [1.82, 2.24) is 5.32 Å². The van der Waals surface area contributed by atoms with Crippen LogP contribution in [0, 0.1) is 0 Å². The normalized spacial score (nSPS) is 10.9. The first-order chi connectivity index (χ1) is 7.85. The molecule has 0 unspecified atom stereocenters. The van der Waals surface area contributed by atoms with Gasteiger partial charge in [0.15, 0.2) is 0 Å². The van der Waals surface area contributed by atoms with Gasteiger partial charge in [-0.25, -0.2) is 0 Å². The van der Waals surface area contributed by atoms with Crippen LogP contribution in [-0.4, -0.2) is 20.7 Å². The van der Waals surface area contributed by atoms with Gasteiger partial charge in [-0.1, -0.05) is 12.1 Å². The molecule has 1 aromatic carbocycles. The van der Waals surface area contributed by atoms with Crippen molar-refractivity contribution in [2.24, 2.45) is 0 Å². The standard InChI is InChI=1S/C13H17NOS/c1-14-8-4-6-11-9-10-5-3-7-12(15-2)13(10)16-11/h3,5,7,9,14H,4,6,8H2,1-2H3. The molecule has 0 fully saturated rings. The van der Waals surface area contributed by atoms with Gasteiger partial charge < -0.3 is 10.1 Å². The Morgan fingerprint density at radius 3 is 3.00 bits per heavy atom. The number of rotatable bonds is 5. The molecule has 0 aliphatic heterocycles. The summed E-state index contributed by atoms with van der Waals surface area (Å²) in [5.41, 5.74) is 0. The summed E-state index contributed by atoms with van der Waals surface area (Å²) in [7, 11) is 3.73. The van der Waals surface area contributed by atoms with Crippen LogP contribution in [0.25, 0.3) is 10.1 Å². The third kappa shape index (κ3) is 2.36. The summed E-state index contributed by atoms with van der Waals surface area (Å²) in [6.07, 6.45) is 2.33. The summed E-state index contributed by atoms with van der Waals surface area (Å²) in [6, 6.07) is 8.50. The maximum atomic E-state index is 5.36. The molecule has 1 N–H and O–H groups in total. The number of aryl methyl sites for hydroxylation is 1. The van der Waals surface area contributed by atoms with E-state index >= 15 is 0 Å². The van der Waals surface area contributed by atoms with Crippen molar-refractivity contribution in [2.45, 2.75) is 12.8 Å². The molecule has 1 heterocycles. The zero-order valence-corrected chi connectivity index (χ0v) is 10.6. The molecule has 16 heavy (non-hydrogen) atoms. The number of ether oxygens (including phenoxy) is 1. The summed E-state index contributed by atoms with van der Waals surface area (Å²) in [6.45, 7) is 1.07. The van der Waals surface area contributed by atoms with E-state index in [-0.39, 0.29) is 0 Å². The van der Waals surface area contributed by atoms with Crippen LogP contribution in [0.3, 0.4) is 0 Å². The van der Waals surface area contributed by atoms with Crippen LogP contribution in [0.1, 0.15) is 11.3 Å². The minimum atomic E-state index is 0.988. The number of hydrogen-bond donors (Lipinski definition) is 1. The Kier molecular flexibility index (Phi) is 3.80. The molecule has 0 atom stereocenters. The maximum Gasteiger partial charge on any atom is 0.136 e. The smallest absolute Gasteiger partial charge is 0.136 e. The molecule has 2 nitrogen and oxygen atoms in total. The van der Waals surface area contributed by atoms with Crippen molar-refractivity contribution in [1.29, 1.82) is 0 Å². The van der Waals surface area contributed by atoms with Gasteiger partial charge in [-0.2, -0.15) is 0 Å². The Hall–Kier alpha value is -1.06. The Balaban J connectivity index is 2.22. The molecule has 86 valence electrons. The van der Waals surface area contributed by atoms with Gasteiger partial charge in [-0.3, -0.25) is 0 Å². The average Bonchev–Trinajstić information content (AvgIpc) is 2.71. The Bertz CT molecular complexity index is 464. The lowest BCUT2D eigenvalue weighted by molar-refractivity contribution is 0.420. The Morgan fingerprint density at radius 1 is 1.38 bits per heavy atom. The lowest BCUT2D eigenvalue weighted by atomic mass is 10.2. The highest BCUT2D eigenvalue weighted by Crippen LogP contribution is 2.33. The van der Waals surface area contributed by atoms with Gasteiger partial charge in [0.25, 0.3) is 0 Å². The molecule has 0 saturated heterocycles. The zero-order valence-electron chi connectivity index (χ0n) is 9.75. The summed E-state index contributed by atoms with van der Waals surface area (Å²) >= 11 is 1.85. The van der Waals surface area contributed by atoms with Gasteiger partial charge in [-0.05, 0) is 44.0 Å². The summed E-state index contributed by atoms with van der Waals surface area (Å²) in [5, 5.41) is 4.47. The van der Waals surface area contributed by atoms with E-state index in [1.807, 2.05) is 30.5 Å². The van der Waals surface area contributed by atoms with Crippen LogP contribution in [0.5, 0.6) is 5.75 Å². The van der Waals surface area contributed by atoms with Crippen LogP contribution in [0.4, 0.5) is 0 Å². The fraction of sp³-hybridized carbons (Fsp3) is 0.385. The quantitative estimate of drug-likeness (QED) is 0.804. The van der Waals surface area contributed by atoms with E-state index in [1.165, 1.54) is 21.4 Å². The largest absolute Gasteiger partial charge is 0.495 e. The predicted molar refractivity (Wildman–Crippen MR) is 70.6 cm³/mol. The molecule has 3 heteroatoms. The zero-order chi connectivity index (χ0) is 11.4. The molecule has 0 aliphatic rings. The van der Waals surface area contributed by atoms with Crippen LogP contribution in [-0.2, 0) is 6.42 Å². The first kappa shape index (κ1) is 11.4. The van der Waals surface area contributed by atoms with Gasteiger partial charge in [0.05, 0.1) is 11.8 Å². The van der Waals surface area contributed by atoms with Crippen molar-refractivity contribution < 1.29 is 4.74 Å². The molecule has 0 radical (unpaired) electrons. The number of nitrogens with one attached hydrogen (secondary N) is 1. The van der Waals surface area contributed by atoms with Gasteiger partial charge >= 0.3 is 0 Å². The number of methoxy groups -OCH3 is 1. The Labute approximate surface area is 100 Å². The highest BCUT2D eigenvalue weighted by Gasteiger charge is 2.05. The Morgan fingerprint density at radius 2 is 2.25 bits per heavy atom. The molecular weight excluding hydrogens is 218 g/mol. The van der Waals surface area contributed by atoms with Crippen LogP contribution >= 0.6 is 11.3 Å². The molecule has 2 aromatic rings. The minimum Gasteiger partial charge on any atom is -0.495 e. The number of hydrogen-bond acceptors (Lipinski definition) is 3. The first-order valence-corrected chi connectivity index (χ1v) is 6.37. The molecule has 1 aromatic heterocycles. The van der Waals surface area contributed by atoms with Gasteiger partial charge in [0.1, 0.15) is 5.75 Å². The molecular formula is C13H17NOS. The molecule has 0 spiro atoms. The third-order valence-corrected chi connectivity index (χ3v) is 3.85. The maximum absolute atomic E-state index is 5.36. The molecule has 0 aliphatic carbocycles. The van der Waals surface area contributed by atoms with E-state index < -0.39 is 0 Å². The van der Waals surface area contributed by atoms with Crippen molar-refractivity contribution in [2.75, 3.05) is 20.7 Å². The fourth-order valence-electron chi connectivity index (χ4n) is 1.81. The van der Waals surface area contributed by atoms with Gasteiger partial charge in [0, 0.05) is 4.88 Å². The topological polar surface area (TPSA) is 21.3 Å². The monoisotopic (exact) mass is 235 g/mol.